The maximum Gasteiger partial charge on any atom is 0.267 e. The van der Waals surface area contributed by atoms with E-state index in [-0.39, 0.29) is 5.70 Å². The van der Waals surface area contributed by atoms with E-state index in [4.69, 9.17) is 10.5 Å². The molecule has 0 saturated carbocycles. The van der Waals surface area contributed by atoms with Gasteiger partial charge >= 0.3 is 0 Å². The highest BCUT2D eigenvalue weighted by Gasteiger charge is 2.11. The average molecular weight is 334 g/mol. The molecule has 0 saturated heterocycles. The van der Waals surface area contributed by atoms with Crippen molar-refractivity contribution in [2.75, 3.05) is 6.54 Å². The van der Waals surface area contributed by atoms with Gasteiger partial charge < -0.3 is 15.4 Å². The number of allylic oxidation sites excluding steroid dienone is 3. The Hall–Kier alpha value is -3.41. The molecule has 0 fully saturated rings. The van der Waals surface area contributed by atoms with Gasteiger partial charge in [-0.15, -0.1) is 0 Å². The van der Waals surface area contributed by atoms with Crippen LogP contribution in [0.5, 0.6) is 5.75 Å². The first kappa shape index (κ1) is 16.4. The fourth-order valence-corrected chi connectivity index (χ4v) is 2.34. The minimum absolute atomic E-state index is 0.137. The molecule has 2 aliphatic rings. The summed E-state index contributed by atoms with van der Waals surface area (Å²) < 4.78 is 5.84. The molecule has 1 aromatic carbocycles. The van der Waals surface area contributed by atoms with Crippen LogP contribution in [-0.4, -0.2) is 29.8 Å². The normalized spacial score (nSPS) is 22.3. The maximum absolute atomic E-state index is 11.5. The lowest BCUT2D eigenvalue weighted by atomic mass is 10.2. The Morgan fingerprint density at radius 2 is 2.16 bits per heavy atom. The van der Waals surface area contributed by atoms with Crippen molar-refractivity contribution in [1.82, 2.24) is 4.90 Å². The maximum atomic E-state index is 11.5. The summed E-state index contributed by atoms with van der Waals surface area (Å²) in [6.45, 7) is 0.626. The average Bonchev–Trinajstić information content (AvgIpc) is 3.05. The Bertz CT molecular complexity index is 832. The van der Waals surface area contributed by atoms with Gasteiger partial charge in [0.1, 0.15) is 17.7 Å². The predicted molar refractivity (Wildman–Crippen MR) is 98.1 cm³/mol. The molecule has 126 valence electrons. The van der Waals surface area contributed by atoms with Crippen LogP contribution >= 0.6 is 0 Å². The number of fused-ring (bicyclic) bond motifs is 2. The number of para-hydroxylation sites is 1. The van der Waals surface area contributed by atoms with Crippen LogP contribution in [0.4, 0.5) is 0 Å². The Labute approximate surface area is 146 Å². The second kappa shape index (κ2) is 7.92. The van der Waals surface area contributed by atoms with E-state index in [1.165, 1.54) is 6.08 Å². The number of carbonyl (C=O) groups excluding carboxylic acids is 1. The highest BCUT2D eigenvalue weighted by atomic mass is 16.5. The topological polar surface area (TPSA) is 80.3 Å². The highest BCUT2D eigenvalue weighted by molar-refractivity contribution is 5.95. The number of rotatable bonds is 1. The zero-order valence-corrected chi connectivity index (χ0v) is 13.6. The minimum Gasteiger partial charge on any atom is -0.462 e. The van der Waals surface area contributed by atoms with Crippen molar-refractivity contribution in [2.24, 2.45) is 15.7 Å². The molecular weight excluding hydrogens is 316 g/mol. The van der Waals surface area contributed by atoms with Crippen LogP contribution in [0.3, 0.4) is 0 Å². The van der Waals surface area contributed by atoms with Crippen molar-refractivity contribution in [3.05, 3.63) is 78.1 Å². The highest BCUT2D eigenvalue weighted by Crippen LogP contribution is 2.21. The first-order valence-electron chi connectivity index (χ1n) is 7.84. The van der Waals surface area contributed by atoms with E-state index in [2.05, 4.69) is 21.0 Å². The third-order valence-electron chi connectivity index (χ3n) is 3.63. The monoisotopic (exact) mass is 334 g/mol. The summed E-state index contributed by atoms with van der Waals surface area (Å²) in [5.41, 5.74) is 7.28. The fourth-order valence-electron chi connectivity index (χ4n) is 2.34. The van der Waals surface area contributed by atoms with Gasteiger partial charge in [0, 0.05) is 36.8 Å². The molecule has 6 heteroatoms. The molecule has 0 unspecified atom stereocenters. The molecule has 0 radical (unpaired) electrons. The van der Waals surface area contributed by atoms with Crippen LogP contribution in [0.25, 0.3) is 0 Å². The number of nitrogens with two attached hydrogens (primary N) is 1. The first-order chi connectivity index (χ1) is 12.2. The van der Waals surface area contributed by atoms with E-state index in [0.717, 1.165) is 17.7 Å². The van der Waals surface area contributed by atoms with Crippen LogP contribution in [0.15, 0.2) is 82.5 Å². The molecule has 2 N–H and O–H groups in total. The van der Waals surface area contributed by atoms with Crippen LogP contribution < -0.4 is 10.5 Å². The zero-order chi connectivity index (χ0) is 17.5. The second-order valence-electron chi connectivity index (χ2n) is 5.35. The van der Waals surface area contributed by atoms with Crippen LogP contribution in [0.2, 0.25) is 0 Å². The van der Waals surface area contributed by atoms with E-state index in [9.17, 15) is 4.79 Å². The SMILES string of the molecule is NC(=O)/C1=C/C=C\N=CCN2C=CC/C2=C/Oc2ccccc2C=N1. The Morgan fingerprint density at radius 3 is 3.04 bits per heavy atom. The van der Waals surface area contributed by atoms with E-state index in [0.29, 0.717) is 12.3 Å². The third-order valence-corrected chi connectivity index (χ3v) is 3.63. The number of hydrogen-bond acceptors (Lipinski definition) is 5. The van der Waals surface area contributed by atoms with Crippen LogP contribution in [-0.2, 0) is 4.79 Å². The molecule has 0 spiro atoms. The molecule has 0 aromatic heterocycles. The standard InChI is InChI=1S/C19H18N4O2/c20-19(24)17-7-3-9-21-10-12-23-11-4-6-16(23)14-25-18-8-2-1-5-15(18)13-22-17/h1-5,7-11,13-14H,6,12H2,(H2,20,24)/b9-3-,16-14-,17-7-,21-10?,22-13?. The van der Waals surface area contributed by atoms with Gasteiger partial charge in [-0.3, -0.25) is 14.8 Å². The molecular formula is C19H18N4O2. The molecule has 6 nitrogen and oxygen atoms in total. The fraction of sp³-hybridized carbons (Fsp3) is 0.105. The number of primary amides is 1. The van der Waals surface area contributed by atoms with Crippen LogP contribution in [0, 0.1) is 0 Å². The molecule has 0 atom stereocenters. The van der Waals surface area contributed by atoms with Crippen molar-refractivity contribution in [1.29, 1.82) is 0 Å². The number of hydrogen-bond donors (Lipinski definition) is 1. The Kier molecular flexibility index (Phi) is 5.21. The number of nitrogens with zero attached hydrogens (tertiary/aromatic N) is 3. The largest absolute Gasteiger partial charge is 0.462 e. The molecule has 2 heterocycles. The molecule has 0 aliphatic carbocycles. The zero-order valence-electron chi connectivity index (χ0n) is 13.6. The van der Waals surface area contributed by atoms with Crippen molar-refractivity contribution >= 4 is 18.3 Å². The van der Waals surface area contributed by atoms with Crippen molar-refractivity contribution in [3.8, 4) is 5.75 Å². The summed E-state index contributed by atoms with van der Waals surface area (Å²) in [4.78, 5) is 21.9. The van der Waals surface area contributed by atoms with Crippen molar-refractivity contribution in [2.45, 2.75) is 6.42 Å². The third kappa shape index (κ3) is 4.32. The second-order valence-corrected chi connectivity index (χ2v) is 5.35. The lowest BCUT2D eigenvalue weighted by Gasteiger charge is -2.15. The molecule has 3 rings (SSSR count). The van der Waals surface area contributed by atoms with Gasteiger partial charge in [-0.25, -0.2) is 0 Å². The summed E-state index contributed by atoms with van der Waals surface area (Å²) in [5, 5.41) is 0. The van der Waals surface area contributed by atoms with Crippen molar-refractivity contribution in [3.63, 3.8) is 0 Å². The lowest BCUT2D eigenvalue weighted by molar-refractivity contribution is -0.114. The summed E-state index contributed by atoms with van der Waals surface area (Å²) in [6, 6.07) is 7.46. The van der Waals surface area contributed by atoms with E-state index >= 15 is 0 Å². The lowest BCUT2D eigenvalue weighted by Crippen LogP contribution is -2.15. The Morgan fingerprint density at radius 1 is 1.28 bits per heavy atom. The van der Waals surface area contributed by atoms with Gasteiger partial charge in [0.05, 0.1) is 12.2 Å². The van der Waals surface area contributed by atoms with E-state index in [1.807, 2.05) is 30.5 Å². The molecule has 1 amide bonds. The molecule has 0 bridgehead atoms. The number of carbonyl (C=O) groups is 1. The van der Waals surface area contributed by atoms with Gasteiger partial charge in [-0.2, -0.15) is 0 Å². The van der Waals surface area contributed by atoms with Crippen molar-refractivity contribution < 1.29 is 9.53 Å². The Balaban J connectivity index is 1.98. The molecule has 1 aromatic rings. The first-order valence-corrected chi connectivity index (χ1v) is 7.84. The minimum atomic E-state index is -0.611. The molecule has 2 aliphatic heterocycles. The summed E-state index contributed by atoms with van der Waals surface area (Å²) in [5.74, 6) is 0.0361. The smallest absolute Gasteiger partial charge is 0.267 e. The molecule has 25 heavy (non-hydrogen) atoms. The number of benzene rings is 1. The van der Waals surface area contributed by atoms with Gasteiger partial charge in [0.2, 0.25) is 0 Å². The number of ether oxygens (including phenoxy) is 1. The number of amides is 1. The summed E-state index contributed by atoms with van der Waals surface area (Å²) >= 11 is 0. The van der Waals surface area contributed by atoms with Gasteiger partial charge in [0.25, 0.3) is 5.91 Å². The van der Waals surface area contributed by atoms with Gasteiger partial charge in [-0.05, 0) is 24.3 Å². The summed E-state index contributed by atoms with van der Waals surface area (Å²) in [6.07, 6.45) is 14.7. The van der Waals surface area contributed by atoms with Gasteiger partial charge in [0.15, 0.2) is 0 Å². The predicted octanol–water partition coefficient (Wildman–Crippen LogP) is 2.51. The van der Waals surface area contributed by atoms with Gasteiger partial charge in [-0.1, -0.05) is 18.2 Å². The number of aliphatic imine (C=N–C) groups is 2. The van der Waals surface area contributed by atoms with E-state index in [1.54, 1.807) is 31.0 Å². The summed E-state index contributed by atoms with van der Waals surface area (Å²) in [7, 11) is 0. The quantitative estimate of drug-likeness (QED) is 0.857. The van der Waals surface area contributed by atoms with Crippen LogP contribution in [0.1, 0.15) is 12.0 Å². The van der Waals surface area contributed by atoms with E-state index < -0.39 is 5.91 Å².